The van der Waals surface area contributed by atoms with Gasteiger partial charge in [-0.2, -0.15) is 0 Å². The summed E-state index contributed by atoms with van der Waals surface area (Å²) in [5, 5.41) is 12.9. The van der Waals surface area contributed by atoms with Crippen molar-refractivity contribution in [1.82, 2.24) is 0 Å². The average Bonchev–Trinajstić information content (AvgIpc) is 3.10. The highest BCUT2D eigenvalue weighted by atomic mass is 28.4. The number of ether oxygens (including phenoxy) is 1. The first-order valence-corrected chi connectivity index (χ1v) is 12.4. The number of rotatable bonds is 8. The van der Waals surface area contributed by atoms with Gasteiger partial charge < -0.3 is 14.3 Å². The van der Waals surface area contributed by atoms with Crippen molar-refractivity contribution in [1.29, 1.82) is 0 Å². The third kappa shape index (κ3) is 4.97. The van der Waals surface area contributed by atoms with Crippen LogP contribution in [0.1, 0.15) is 46.5 Å². The zero-order chi connectivity index (χ0) is 20.9. The molecule has 0 radical (unpaired) electrons. The van der Waals surface area contributed by atoms with E-state index in [1.807, 2.05) is 12.1 Å². The van der Waals surface area contributed by atoms with Crippen molar-refractivity contribution < 1.29 is 19.1 Å². The molecular formula is C24H32O4Si. The van der Waals surface area contributed by atoms with Crippen molar-refractivity contribution in [3.63, 3.8) is 0 Å². The lowest BCUT2D eigenvalue weighted by Gasteiger charge is -2.43. The number of benzene rings is 2. The van der Waals surface area contributed by atoms with Crippen LogP contribution in [0, 0.1) is 0 Å². The fourth-order valence-electron chi connectivity index (χ4n) is 4.28. The van der Waals surface area contributed by atoms with E-state index in [9.17, 15) is 9.90 Å². The van der Waals surface area contributed by atoms with E-state index in [0.717, 1.165) is 0 Å². The van der Waals surface area contributed by atoms with E-state index in [0.29, 0.717) is 32.3 Å². The van der Waals surface area contributed by atoms with E-state index in [1.54, 1.807) is 0 Å². The molecule has 5 heteroatoms. The molecule has 29 heavy (non-hydrogen) atoms. The molecule has 0 aromatic heterocycles. The van der Waals surface area contributed by atoms with Crippen LogP contribution in [0.4, 0.5) is 0 Å². The van der Waals surface area contributed by atoms with E-state index < -0.39 is 14.4 Å². The van der Waals surface area contributed by atoms with Crippen LogP contribution < -0.4 is 10.4 Å². The lowest BCUT2D eigenvalue weighted by Crippen LogP contribution is -2.66. The summed E-state index contributed by atoms with van der Waals surface area (Å²) in [5.41, 5.74) is 0. The molecule has 1 fully saturated rings. The Morgan fingerprint density at radius 1 is 1.07 bits per heavy atom. The normalized spacial score (nSPS) is 18.5. The fourth-order valence-corrected chi connectivity index (χ4v) is 8.86. The van der Waals surface area contributed by atoms with Crippen molar-refractivity contribution in [3.8, 4) is 0 Å². The topological polar surface area (TPSA) is 55.8 Å². The van der Waals surface area contributed by atoms with Crippen LogP contribution in [0.2, 0.25) is 5.04 Å². The highest BCUT2D eigenvalue weighted by Gasteiger charge is 2.50. The minimum atomic E-state index is -2.57. The summed E-state index contributed by atoms with van der Waals surface area (Å²) in [4.78, 5) is 11.3. The first kappa shape index (κ1) is 21.7. The molecule has 2 aromatic carbocycles. The van der Waals surface area contributed by atoms with Crippen LogP contribution in [0.5, 0.6) is 0 Å². The number of aliphatic hydroxyl groups is 1. The summed E-state index contributed by atoms with van der Waals surface area (Å²) in [5.74, 6) is -0.161. The van der Waals surface area contributed by atoms with Gasteiger partial charge in [0.2, 0.25) is 0 Å². The smallest absolute Gasteiger partial charge is 0.306 e. The van der Waals surface area contributed by atoms with E-state index in [2.05, 4.69) is 69.3 Å². The fraction of sp³-hybridized carbons (Fsp3) is 0.458. The number of carbonyl (C=O) groups excluding carboxylic acids is 1. The first-order valence-electron chi connectivity index (χ1n) is 10.5. The van der Waals surface area contributed by atoms with E-state index in [-0.39, 0.29) is 17.1 Å². The Morgan fingerprint density at radius 3 is 2.07 bits per heavy atom. The Morgan fingerprint density at radius 2 is 1.62 bits per heavy atom. The van der Waals surface area contributed by atoms with Gasteiger partial charge in [0.05, 0.1) is 6.10 Å². The maximum Gasteiger partial charge on any atom is 0.306 e. The largest absolute Gasteiger partial charge is 0.462 e. The second-order valence-corrected chi connectivity index (χ2v) is 13.1. The van der Waals surface area contributed by atoms with Gasteiger partial charge in [-0.05, 0) is 28.3 Å². The highest BCUT2D eigenvalue weighted by Crippen LogP contribution is 2.36. The molecule has 0 spiro atoms. The summed E-state index contributed by atoms with van der Waals surface area (Å²) < 4.78 is 12.0. The molecule has 1 heterocycles. The molecule has 3 rings (SSSR count). The zero-order valence-corrected chi connectivity index (χ0v) is 18.6. The Kier molecular flexibility index (Phi) is 6.93. The van der Waals surface area contributed by atoms with Gasteiger partial charge in [0, 0.05) is 19.4 Å². The van der Waals surface area contributed by atoms with Gasteiger partial charge in [-0.3, -0.25) is 4.79 Å². The number of esters is 1. The summed E-state index contributed by atoms with van der Waals surface area (Å²) in [7, 11) is -2.57. The van der Waals surface area contributed by atoms with Crippen molar-refractivity contribution in [2.24, 2.45) is 0 Å². The maximum atomic E-state index is 11.3. The number of carbonyl (C=O) groups is 1. The second kappa shape index (κ2) is 9.24. The van der Waals surface area contributed by atoms with Gasteiger partial charge in [0.1, 0.15) is 6.10 Å². The molecule has 0 bridgehead atoms. The maximum absolute atomic E-state index is 11.3. The standard InChI is InChI=1S/C24H32O4Si/c1-24(2,3)29(21-10-6-4-7-11-21,22-12-8-5-9-13-22)27-17-16-19(25)18-20-14-15-23(26)28-20/h4-13,19-20,25H,14-18H2,1-3H3/t19-,20+/m0/s1. The molecule has 4 nitrogen and oxygen atoms in total. The Balaban J connectivity index is 1.79. The summed E-state index contributed by atoms with van der Waals surface area (Å²) in [6, 6.07) is 21.0. The van der Waals surface area contributed by atoms with Crippen LogP contribution >= 0.6 is 0 Å². The molecule has 2 atom stereocenters. The van der Waals surface area contributed by atoms with Gasteiger partial charge >= 0.3 is 5.97 Å². The Labute approximate surface area is 175 Å². The summed E-state index contributed by atoms with van der Waals surface area (Å²) in [6.07, 6.45) is 1.46. The number of cyclic esters (lactones) is 1. The van der Waals surface area contributed by atoms with Crippen molar-refractivity contribution in [3.05, 3.63) is 60.7 Å². The average molecular weight is 413 g/mol. The van der Waals surface area contributed by atoms with Gasteiger partial charge in [0.25, 0.3) is 8.32 Å². The predicted molar refractivity (Wildman–Crippen MR) is 118 cm³/mol. The zero-order valence-electron chi connectivity index (χ0n) is 17.6. The lowest BCUT2D eigenvalue weighted by molar-refractivity contribution is -0.142. The molecule has 0 saturated carbocycles. The quantitative estimate of drug-likeness (QED) is 0.533. The second-order valence-electron chi connectivity index (χ2n) is 8.84. The van der Waals surface area contributed by atoms with Crippen molar-refractivity contribution >= 4 is 24.7 Å². The molecule has 0 aliphatic carbocycles. The van der Waals surface area contributed by atoms with Crippen LogP contribution in [0.15, 0.2) is 60.7 Å². The summed E-state index contributed by atoms with van der Waals surface area (Å²) >= 11 is 0. The van der Waals surface area contributed by atoms with Crippen LogP contribution in [-0.4, -0.2) is 38.2 Å². The minimum absolute atomic E-state index is 0.0817. The van der Waals surface area contributed by atoms with Crippen LogP contribution in [0.3, 0.4) is 0 Å². The van der Waals surface area contributed by atoms with Crippen molar-refractivity contribution in [2.45, 2.75) is 63.7 Å². The van der Waals surface area contributed by atoms with Gasteiger partial charge in [-0.15, -0.1) is 0 Å². The van der Waals surface area contributed by atoms with Crippen molar-refractivity contribution in [2.75, 3.05) is 6.61 Å². The molecule has 156 valence electrons. The van der Waals surface area contributed by atoms with Gasteiger partial charge in [-0.25, -0.2) is 0 Å². The Hall–Kier alpha value is -1.95. The molecular weight excluding hydrogens is 380 g/mol. The third-order valence-electron chi connectivity index (χ3n) is 5.69. The van der Waals surface area contributed by atoms with E-state index >= 15 is 0 Å². The minimum Gasteiger partial charge on any atom is -0.462 e. The third-order valence-corrected chi connectivity index (χ3v) is 10.7. The summed E-state index contributed by atoms with van der Waals surface area (Å²) in [6.45, 7) is 7.20. The molecule has 0 amide bonds. The van der Waals surface area contributed by atoms with Crippen LogP contribution in [0.25, 0.3) is 0 Å². The lowest BCUT2D eigenvalue weighted by atomic mass is 10.1. The Bertz CT molecular complexity index is 746. The molecule has 2 aromatic rings. The molecule has 0 unspecified atom stereocenters. The number of hydrogen-bond donors (Lipinski definition) is 1. The van der Waals surface area contributed by atoms with Gasteiger partial charge in [0.15, 0.2) is 0 Å². The van der Waals surface area contributed by atoms with E-state index in [1.165, 1.54) is 10.4 Å². The SMILES string of the molecule is CC(C)(C)[Si](OCC[C@H](O)C[C@H]1CCC(=O)O1)(c1ccccc1)c1ccccc1. The molecule has 1 aliphatic rings. The first-order chi connectivity index (χ1) is 13.8. The van der Waals surface area contributed by atoms with Gasteiger partial charge in [-0.1, -0.05) is 81.4 Å². The number of hydrogen-bond acceptors (Lipinski definition) is 4. The number of aliphatic hydroxyl groups excluding tert-OH is 1. The highest BCUT2D eigenvalue weighted by molar-refractivity contribution is 6.99. The monoisotopic (exact) mass is 412 g/mol. The predicted octanol–water partition coefficient (Wildman–Crippen LogP) is 3.41. The molecule has 1 saturated heterocycles. The van der Waals surface area contributed by atoms with E-state index in [4.69, 9.17) is 9.16 Å². The molecule has 1 N–H and O–H groups in total. The van der Waals surface area contributed by atoms with Crippen LogP contribution in [-0.2, 0) is 14.0 Å². The molecule has 1 aliphatic heterocycles.